The second-order valence-corrected chi connectivity index (χ2v) is 5.74. The van der Waals surface area contributed by atoms with E-state index in [1.807, 2.05) is 25.1 Å². The smallest absolute Gasteiger partial charge is 0.272 e. The second-order valence-electron chi connectivity index (χ2n) is 5.74. The minimum Gasteiger partial charge on any atom is -0.486 e. The van der Waals surface area contributed by atoms with Crippen molar-refractivity contribution in [1.29, 1.82) is 0 Å². The first-order valence-corrected chi connectivity index (χ1v) is 8.09. The van der Waals surface area contributed by atoms with Gasteiger partial charge in [-0.15, -0.1) is 0 Å². The Hall–Kier alpha value is -3.22. The van der Waals surface area contributed by atoms with E-state index in [0.29, 0.717) is 48.0 Å². The summed E-state index contributed by atoms with van der Waals surface area (Å²) in [5.41, 5.74) is 2.04. The summed E-state index contributed by atoms with van der Waals surface area (Å²) in [5, 5.41) is 2.73. The Bertz CT molecular complexity index is 1020. The Morgan fingerprint density at radius 3 is 2.80 bits per heavy atom. The number of rotatable bonds is 3. The van der Waals surface area contributed by atoms with Gasteiger partial charge in [0.1, 0.15) is 18.7 Å². The highest BCUT2D eigenvalue weighted by molar-refractivity contribution is 5.95. The van der Waals surface area contributed by atoms with Crippen molar-refractivity contribution in [2.24, 2.45) is 0 Å². The SMILES string of the molecule is CCNC(=O)c1cc2c(=O)[nH]c(-c3ccc4c(c3)OCCO4)cn2c1. The van der Waals surface area contributed by atoms with Gasteiger partial charge in [-0.1, -0.05) is 0 Å². The van der Waals surface area contributed by atoms with Gasteiger partial charge in [0.15, 0.2) is 11.5 Å². The topological polar surface area (TPSA) is 84.8 Å². The molecule has 1 aliphatic heterocycles. The number of aromatic nitrogens is 2. The summed E-state index contributed by atoms with van der Waals surface area (Å²) in [7, 11) is 0. The average Bonchev–Trinajstić information content (AvgIpc) is 3.06. The lowest BCUT2D eigenvalue weighted by Crippen LogP contribution is -2.21. The number of hydrogen-bond donors (Lipinski definition) is 2. The molecule has 3 heterocycles. The fourth-order valence-corrected chi connectivity index (χ4v) is 2.87. The van der Waals surface area contributed by atoms with Crippen LogP contribution in [0.2, 0.25) is 0 Å². The predicted octanol–water partition coefficient (Wildman–Crippen LogP) is 1.82. The molecule has 4 rings (SSSR count). The molecular weight excluding hydrogens is 322 g/mol. The number of H-pyrrole nitrogens is 1. The van der Waals surface area contributed by atoms with Crippen LogP contribution in [0.4, 0.5) is 0 Å². The van der Waals surface area contributed by atoms with Crippen LogP contribution < -0.4 is 20.3 Å². The van der Waals surface area contributed by atoms with Gasteiger partial charge in [0.2, 0.25) is 0 Å². The van der Waals surface area contributed by atoms with Crippen LogP contribution in [0, 0.1) is 0 Å². The molecule has 0 fully saturated rings. The Kier molecular flexibility index (Phi) is 3.68. The van der Waals surface area contributed by atoms with E-state index in [1.165, 1.54) is 0 Å². The van der Waals surface area contributed by atoms with Gasteiger partial charge in [-0.2, -0.15) is 0 Å². The van der Waals surface area contributed by atoms with E-state index in [2.05, 4.69) is 10.3 Å². The minimum absolute atomic E-state index is 0.202. The number of ether oxygens (including phenoxy) is 2. The molecule has 7 nitrogen and oxygen atoms in total. The van der Waals surface area contributed by atoms with Crippen molar-refractivity contribution in [3.05, 3.63) is 52.6 Å². The lowest BCUT2D eigenvalue weighted by molar-refractivity contribution is 0.0956. The highest BCUT2D eigenvalue weighted by atomic mass is 16.6. The molecule has 0 unspecified atom stereocenters. The van der Waals surface area contributed by atoms with Gasteiger partial charge >= 0.3 is 0 Å². The second kappa shape index (κ2) is 6.01. The van der Waals surface area contributed by atoms with Gasteiger partial charge in [-0.05, 0) is 31.2 Å². The first-order chi connectivity index (χ1) is 12.2. The number of hydrogen-bond acceptors (Lipinski definition) is 4. The Balaban J connectivity index is 1.78. The number of nitrogens with zero attached hydrogens (tertiary/aromatic N) is 1. The van der Waals surface area contributed by atoms with Crippen LogP contribution in [0.5, 0.6) is 11.5 Å². The van der Waals surface area contributed by atoms with Crippen LogP contribution in [0.25, 0.3) is 16.8 Å². The fourth-order valence-electron chi connectivity index (χ4n) is 2.87. The number of fused-ring (bicyclic) bond motifs is 2. The number of benzene rings is 1. The lowest BCUT2D eigenvalue weighted by atomic mass is 10.1. The lowest BCUT2D eigenvalue weighted by Gasteiger charge is -2.18. The maximum absolute atomic E-state index is 12.4. The third-order valence-electron chi connectivity index (χ3n) is 4.05. The zero-order valence-corrected chi connectivity index (χ0v) is 13.7. The van der Waals surface area contributed by atoms with Gasteiger partial charge in [-0.25, -0.2) is 0 Å². The number of nitrogens with one attached hydrogen (secondary N) is 2. The number of amides is 1. The molecule has 0 radical (unpaired) electrons. The summed E-state index contributed by atoms with van der Waals surface area (Å²) in [6, 6.07) is 7.10. The van der Waals surface area contributed by atoms with Crippen molar-refractivity contribution in [1.82, 2.24) is 14.7 Å². The van der Waals surface area contributed by atoms with Crippen molar-refractivity contribution in [3.8, 4) is 22.8 Å². The highest BCUT2D eigenvalue weighted by Gasteiger charge is 2.15. The van der Waals surface area contributed by atoms with Gasteiger partial charge in [0.05, 0.1) is 11.3 Å². The fraction of sp³-hybridized carbons (Fsp3) is 0.222. The number of carbonyl (C=O) groups excluding carboxylic acids is 1. The van der Waals surface area contributed by atoms with E-state index < -0.39 is 0 Å². The van der Waals surface area contributed by atoms with Gasteiger partial charge in [-0.3, -0.25) is 9.59 Å². The zero-order valence-electron chi connectivity index (χ0n) is 13.7. The third-order valence-corrected chi connectivity index (χ3v) is 4.05. The van der Waals surface area contributed by atoms with E-state index in [0.717, 1.165) is 5.56 Å². The maximum Gasteiger partial charge on any atom is 0.272 e. The van der Waals surface area contributed by atoms with Gasteiger partial charge < -0.3 is 24.2 Å². The molecule has 3 aromatic rings. The van der Waals surface area contributed by atoms with E-state index in [-0.39, 0.29) is 11.5 Å². The van der Waals surface area contributed by atoms with E-state index in [1.54, 1.807) is 22.9 Å². The Morgan fingerprint density at radius 1 is 1.20 bits per heavy atom. The summed E-state index contributed by atoms with van der Waals surface area (Å²) in [6.07, 6.45) is 3.43. The van der Waals surface area contributed by atoms with Crippen LogP contribution >= 0.6 is 0 Å². The van der Waals surface area contributed by atoms with E-state index in [9.17, 15) is 9.59 Å². The molecule has 25 heavy (non-hydrogen) atoms. The quantitative estimate of drug-likeness (QED) is 0.762. The summed E-state index contributed by atoms with van der Waals surface area (Å²) in [4.78, 5) is 27.2. The molecule has 0 saturated carbocycles. The summed E-state index contributed by atoms with van der Waals surface area (Å²) >= 11 is 0. The molecule has 0 aliphatic carbocycles. The van der Waals surface area contributed by atoms with Gasteiger partial charge in [0.25, 0.3) is 11.5 Å². The molecule has 0 atom stereocenters. The third kappa shape index (κ3) is 2.73. The molecule has 2 aromatic heterocycles. The van der Waals surface area contributed by atoms with Crippen LogP contribution in [0.3, 0.4) is 0 Å². The van der Waals surface area contributed by atoms with Crippen LogP contribution in [0.1, 0.15) is 17.3 Å². The van der Waals surface area contributed by atoms with Crippen LogP contribution in [-0.2, 0) is 0 Å². The molecule has 0 bridgehead atoms. The predicted molar refractivity (Wildman–Crippen MR) is 92.5 cm³/mol. The molecule has 1 aromatic carbocycles. The van der Waals surface area contributed by atoms with Crippen LogP contribution in [-0.4, -0.2) is 35.1 Å². The van der Waals surface area contributed by atoms with Crippen LogP contribution in [0.15, 0.2) is 41.5 Å². The zero-order chi connectivity index (χ0) is 17.4. The molecule has 128 valence electrons. The minimum atomic E-state index is -0.261. The summed E-state index contributed by atoms with van der Waals surface area (Å²) in [6.45, 7) is 3.41. The largest absolute Gasteiger partial charge is 0.486 e. The molecule has 1 amide bonds. The first kappa shape index (κ1) is 15.3. The number of aromatic amines is 1. The summed E-state index contributed by atoms with van der Waals surface area (Å²) < 4.78 is 12.8. The summed E-state index contributed by atoms with van der Waals surface area (Å²) in [5.74, 6) is 1.14. The van der Waals surface area contributed by atoms with E-state index in [4.69, 9.17) is 9.47 Å². The monoisotopic (exact) mass is 339 g/mol. The van der Waals surface area contributed by atoms with Gasteiger partial charge in [0, 0.05) is 24.5 Å². The molecule has 0 saturated heterocycles. The Labute approximate surface area is 143 Å². The average molecular weight is 339 g/mol. The molecule has 2 N–H and O–H groups in total. The Morgan fingerprint density at radius 2 is 2.00 bits per heavy atom. The molecule has 0 spiro atoms. The molecule has 1 aliphatic rings. The van der Waals surface area contributed by atoms with Crippen molar-refractivity contribution < 1.29 is 14.3 Å². The highest BCUT2D eigenvalue weighted by Crippen LogP contribution is 2.33. The maximum atomic E-state index is 12.4. The van der Waals surface area contributed by atoms with Crippen molar-refractivity contribution in [2.45, 2.75) is 6.92 Å². The van der Waals surface area contributed by atoms with E-state index >= 15 is 0 Å². The van der Waals surface area contributed by atoms with Crippen molar-refractivity contribution >= 4 is 11.4 Å². The van der Waals surface area contributed by atoms with Crippen molar-refractivity contribution in [3.63, 3.8) is 0 Å². The molecule has 7 heteroatoms. The normalized spacial score (nSPS) is 13.0. The standard InChI is InChI=1S/C18H17N3O4/c1-2-19-17(22)12-7-14-18(23)20-13(10-21(14)9-12)11-3-4-15-16(8-11)25-6-5-24-15/h3-4,7-10H,2,5-6H2,1H3,(H,19,22)(H,20,23). The number of carbonyl (C=O) groups is 1. The molecular formula is C18H17N3O4. The first-order valence-electron chi connectivity index (χ1n) is 8.09. The van der Waals surface area contributed by atoms with Crippen molar-refractivity contribution in [2.75, 3.05) is 19.8 Å².